The molecule has 1 aromatic carbocycles. The highest BCUT2D eigenvalue weighted by Crippen LogP contribution is 2.28. The van der Waals surface area contributed by atoms with Gasteiger partial charge in [0, 0.05) is 11.4 Å². The van der Waals surface area contributed by atoms with E-state index >= 15 is 0 Å². The molecule has 2 rings (SSSR count). The van der Waals surface area contributed by atoms with Crippen molar-refractivity contribution in [2.45, 2.75) is 12.5 Å². The normalized spacial score (nSPS) is 12.4. The molecule has 1 heterocycles. The molecule has 0 spiro atoms. The van der Waals surface area contributed by atoms with Crippen molar-refractivity contribution in [1.29, 1.82) is 0 Å². The summed E-state index contributed by atoms with van der Waals surface area (Å²) in [7, 11) is 1.59. The van der Waals surface area contributed by atoms with Gasteiger partial charge in [0.25, 0.3) is 0 Å². The van der Waals surface area contributed by atoms with E-state index in [0.29, 0.717) is 17.2 Å². The lowest BCUT2D eigenvalue weighted by Crippen LogP contribution is -2.01. The first kappa shape index (κ1) is 12.3. The van der Waals surface area contributed by atoms with Crippen molar-refractivity contribution in [2.75, 3.05) is 7.11 Å². The van der Waals surface area contributed by atoms with E-state index in [-0.39, 0.29) is 0 Å². The number of hydrogen-bond donors (Lipinski definition) is 1. The summed E-state index contributed by atoms with van der Waals surface area (Å²) in [6, 6.07) is 5.33. The van der Waals surface area contributed by atoms with E-state index in [1.165, 1.54) is 11.5 Å². The van der Waals surface area contributed by atoms with Crippen LogP contribution in [0.5, 0.6) is 5.75 Å². The maximum Gasteiger partial charge on any atom is 0.122 e. The van der Waals surface area contributed by atoms with Gasteiger partial charge in [0.15, 0.2) is 0 Å². The Hall–Kier alpha value is -1.17. The van der Waals surface area contributed by atoms with Gasteiger partial charge in [-0.15, -0.1) is 5.10 Å². The minimum atomic E-state index is -0.637. The van der Waals surface area contributed by atoms with Crippen molar-refractivity contribution in [3.63, 3.8) is 0 Å². The Labute approximate surface area is 108 Å². The molecule has 0 aliphatic rings. The minimum absolute atomic E-state index is 0.424. The molecule has 1 aromatic heterocycles. The molecule has 6 heteroatoms. The predicted octanol–water partition coefficient (Wildman–Crippen LogP) is 2.48. The second kappa shape index (κ2) is 5.44. The van der Waals surface area contributed by atoms with Gasteiger partial charge in [0.05, 0.1) is 24.3 Å². The van der Waals surface area contributed by atoms with Crippen molar-refractivity contribution in [1.82, 2.24) is 9.59 Å². The summed E-state index contributed by atoms with van der Waals surface area (Å²) in [6.07, 6.45) is 1.35. The van der Waals surface area contributed by atoms with Crippen molar-refractivity contribution >= 4 is 23.1 Å². The maximum atomic E-state index is 10.0. The Balaban J connectivity index is 2.20. The van der Waals surface area contributed by atoms with E-state index in [1.807, 2.05) is 0 Å². The fourth-order valence-electron chi connectivity index (χ4n) is 1.54. The third kappa shape index (κ3) is 2.94. The van der Waals surface area contributed by atoms with Gasteiger partial charge in [-0.2, -0.15) is 0 Å². The average Bonchev–Trinajstić information content (AvgIpc) is 2.83. The van der Waals surface area contributed by atoms with Crippen molar-refractivity contribution in [2.24, 2.45) is 0 Å². The highest BCUT2D eigenvalue weighted by Gasteiger charge is 2.14. The van der Waals surface area contributed by atoms with Crippen LogP contribution in [0.15, 0.2) is 24.4 Å². The topological polar surface area (TPSA) is 55.2 Å². The van der Waals surface area contributed by atoms with E-state index in [0.717, 1.165) is 10.4 Å². The van der Waals surface area contributed by atoms with Crippen LogP contribution in [0.2, 0.25) is 5.02 Å². The van der Waals surface area contributed by atoms with Crippen LogP contribution in [0.25, 0.3) is 0 Å². The van der Waals surface area contributed by atoms with Gasteiger partial charge in [-0.1, -0.05) is 16.1 Å². The number of aliphatic hydroxyl groups excluding tert-OH is 1. The zero-order valence-electron chi connectivity index (χ0n) is 9.13. The number of rotatable bonds is 4. The standard InChI is InChI=1S/C11H11ClN2O2S/c1-16-10-3-2-8(12)4-7(10)5-9(15)11-6-13-14-17-11/h2-4,6,9,15H,5H2,1H3. The number of aliphatic hydroxyl groups is 1. The molecule has 0 saturated carbocycles. The molecule has 17 heavy (non-hydrogen) atoms. The summed E-state index contributed by atoms with van der Waals surface area (Å²) < 4.78 is 8.94. The van der Waals surface area contributed by atoms with Gasteiger partial charge < -0.3 is 9.84 Å². The number of halogens is 1. The van der Waals surface area contributed by atoms with Crippen LogP contribution < -0.4 is 4.74 Å². The number of nitrogens with zero attached hydrogens (tertiary/aromatic N) is 2. The molecular weight excluding hydrogens is 260 g/mol. The van der Waals surface area contributed by atoms with Gasteiger partial charge in [-0.25, -0.2) is 0 Å². The van der Waals surface area contributed by atoms with Crippen LogP contribution in [0.3, 0.4) is 0 Å². The van der Waals surface area contributed by atoms with Gasteiger partial charge in [-0.05, 0) is 35.3 Å². The van der Waals surface area contributed by atoms with Gasteiger partial charge in [0.2, 0.25) is 0 Å². The molecule has 1 atom stereocenters. The first-order valence-corrected chi connectivity index (χ1v) is 6.13. The second-order valence-corrected chi connectivity index (χ2v) is 4.75. The molecule has 1 N–H and O–H groups in total. The summed E-state index contributed by atoms with van der Waals surface area (Å²) >= 11 is 7.11. The Bertz CT molecular complexity index is 490. The predicted molar refractivity (Wildman–Crippen MR) is 66.6 cm³/mol. The minimum Gasteiger partial charge on any atom is -0.496 e. The molecule has 90 valence electrons. The lowest BCUT2D eigenvalue weighted by atomic mass is 10.1. The van der Waals surface area contributed by atoms with E-state index in [9.17, 15) is 5.11 Å². The molecule has 0 amide bonds. The largest absolute Gasteiger partial charge is 0.496 e. The molecule has 0 fully saturated rings. The maximum absolute atomic E-state index is 10.0. The summed E-state index contributed by atoms with van der Waals surface area (Å²) in [5.74, 6) is 0.714. The molecule has 1 unspecified atom stereocenters. The van der Waals surface area contributed by atoms with E-state index < -0.39 is 6.10 Å². The number of hydrogen-bond acceptors (Lipinski definition) is 5. The first-order valence-electron chi connectivity index (χ1n) is 4.98. The van der Waals surface area contributed by atoms with Crippen LogP contribution in [0, 0.1) is 0 Å². The fourth-order valence-corrected chi connectivity index (χ4v) is 2.22. The molecule has 0 bridgehead atoms. The van der Waals surface area contributed by atoms with Gasteiger partial charge in [-0.3, -0.25) is 0 Å². The number of methoxy groups -OCH3 is 1. The van der Waals surface area contributed by atoms with Crippen LogP contribution in [-0.4, -0.2) is 21.8 Å². The van der Waals surface area contributed by atoms with Gasteiger partial charge in [0.1, 0.15) is 5.75 Å². The summed E-state index contributed by atoms with van der Waals surface area (Å²) in [4.78, 5) is 0.729. The quantitative estimate of drug-likeness (QED) is 0.927. The Morgan fingerprint density at radius 1 is 1.53 bits per heavy atom. The Morgan fingerprint density at radius 3 is 3.00 bits per heavy atom. The third-order valence-corrected chi connectivity index (χ3v) is 3.36. The molecule has 0 saturated heterocycles. The average molecular weight is 271 g/mol. The molecule has 0 aliphatic carbocycles. The SMILES string of the molecule is COc1ccc(Cl)cc1CC(O)c1cnns1. The highest BCUT2D eigenvalue weighted by atomic mass is 35.5. The zero-order chi connectivity index (χ0) is 12.3. The molecule has 4 nitrogen and oxygen atoms in total. The molecule has 0 aliphatic heterocycles. The molecule has 2 aromatic rings. The monoisotopic (exact) mass is 270 g/mol. The number of aromatic nitrogens is 2. The van der Waals surface area contributed by atoms with Crippen molar-refractivity contribution in [3.05, 3.63) is 39.9 Å². The smallest absolute Gasteiger partial charge is 0.122 e. The van der Waals surface area contributed by atoms with E-state index in [2.05, 4.69) is 9.59 Å². The van der Waals surface area contributed by atoms with E-state index in [1.54, 1.807) is 31.5 Å². The Morgan fingerprint density at radius 2 is 2.35 bits per heavy atom. The van der Waals surface area contributed by atoms with Gasteiger partial charge >= 0.3 is 0 Å². The highest BCUT2D eigenvalue weighted by molar-refractivity contribution is 7.05. The summed E-state index contributed by atoms with van der Waals surface area (Å²) in [5, 5.41) is 14.3. The number of ether oxygens (including phenoxy) is 1. The molecular formula is C11H11ClN2O2S. The lowest BCUT2D eigenvalue weighted by Gasteiger charge is -2.11. The van der Waals surface area contributed by atoms with Crippen LogP contribution in [-0.2, 0) is 6.42 Å². The second-order valence-electron chi connectivity index (χ2n) is 3.50. The lowest BCUT2D eigenvalue weighted by molar-refractivity contribution is 0.181. The summed E-state index contributed by atoms with van der Waals surface area (Å²) in [6.45, 7) is 0. The number of benzene rings is 1. The van der Waals surface area contributed by atoms with Crippen LogP contribution >= 0.6 is 23.1 Å². The fraction of sp³-hybridized carbons (Fsp3) is 0.273. The third-order valence-electron chi connectivity index (χ3n) is 2.36. The van der Waals surface area contributed by atoms with Crippen LogP contribution in [0.1, 0.15) is 16.5 Å². The van der Waals surface area contributed by atoms with Crippen LogP contribution in [0.4, 0.5) is 0 Å². The van der Waals surface area contributed by atoms with Crippen molar-refractivity contribution in [3.8, 4) is 5.75 Å². The molecule has 0 radical (unpaired) electrons. The van der Waals surface area contributed by atoms with Crippen molar-refractivity contribution < 1.29 is 9.84 Å². The zero-order valence-corrected chi connectivity index (χ0v) is 10.7. The summed E-state index contributed by atoms with van der Waals surface area (Å²) in [5.41, 5.74) is 0.862. The Kier molecular flexibility index (Phi) is 3.93. The van der Waals surface area contributed by atoms with E-state index in [4.69, 9.17) is 16.3 Å². The first-order chi connectivity index (χ1) is 8.20.